The van der Waals surface area contributed by atoms with Gasteiger partial charge in [-0.25, -0.2) is 0 Å². The largest absolute Gasteiger partial charge is 0.378 e. The Kier molecular flexibility index (Phi) is 4.76. The fourth-order valence-corrected chi connectivity index (χ4v) is 2.62. The van der Waals surface area contributed by atoms with Crippen LogP contribution in [0.4, 0.5) is 0 Å². The molecule has 2 heterocycles. The summed E-state index contributed by atoms with van der Waals surface area (Å²) >= 11 is 0. The molecule has 0 saturated carbocycles. The number of rotatable bonds is 4. The molecule has 0 aromatic heterocycles. The van der Waals surface area contributed by atoms with Gasteiger partial charge >= 0.3 is 0 Å². The molecule has 0 bridgehead atoms. The van der Waals surface area contributed by atoms with E-state index in [1.807, 2.05) is 0 Å². The van der Waals surface area contributed by atoms with Gasteiger partial charge in [-0.2, -0.15) is 0 Å². The fourth-order valence-electron chi connectivity index (χ4n) is 2.62. The highest BCUT2D eigenvalue weighted by Crippen LogP contribution is 2.16. The second-order valence-corrected chi connectivity index (χ2v) is 4.79. The van der Waals surface area contributed by atoms with Crippen molar-refractivity contribution >= 4 is 5.91 Å². The summed E-state index contributed by atoms with van der Waals surface area (Å²) < 4.78 is 5.62. The van der Waals surface area contributed by atoms with E-state index in [-0.39, 0.29) is 11.9 Å². The van der Waals surface area contributed by atoms with E-state index in [4.69, 9.17) is 4.74 Å². The predicted octanol–water partition coefficient (Wildman–Crippen LogP) is -0.425. The first kappa shape index (κ1) is 12.8. The fraction of sp³-hybridized carbons (Fsp3) is 0.917. The molecule has 2 unspecified atom stereocenters. The molecule has 0 spiro atoms. The third-order valence-electron chi connectivity index (χ3n) is 3.67. The van der Waals surface area contributed by atoms with Crippen LogP contribution in [-0.2, 0) is 9.53 Å². The van der Waals surface area contributed by atoms with E-state index in [2.05, 4.69) is 15.5 Å². The number of piperazine rings is 1. The van der Waals surface area contributed by atoms with Crippen molar-refractivity contribution < 1.29 is 9.53 Å². The number of carbonyl (C=O) groups is 1. The lowest BCUT2D eigenvalue weighted by Gasteiger charge is -2.35. The molecule has 2 saturated heterocycles. The van der Waals surface area contributed by atoms with E-state index >= 15 is 0 Å². The van der Waals surface area contributed by atoms with Crippen molar-refractivity contribution in [1.82, 2.24) is 15.5 Å². The van der Waals surface area contributed by atoms with E-state index in [1.165, 1.54) is 12.8 Å². The first-order valence-corrected chi connectivity index (χ1v) is 6.59. The molecule has 2 aliphatic rings. The Morgan fingerprint density at radius 1 is 1.59 bits per heavy atom. The summed E-state index contributed by atoms with van der Waals surface area (Å²) in [5.41, 5.74) is 0. The maximum Gasteiger partial charge on any atom is 0.238 e. The van der Waals surface area contributed by atoms with E-state index in [9.17, 15) is 4.79 Å². The van der Waals surface area contributed by atoms with Crippen LogP contribution in [0.1, 0.15) is 19.3 Å². The van der Waals surface area contributed by atoms with Gasteiger partial charge in [-0.1, -0.05) is 0 Å². The van der Waals surface area contributed by atoms with Gasteiger partial charge in [-0.05, 0) is 19.3 Å². The van der Waals surface area contributed by atoms with Gasteiger partial charge in [-0.15, -0.1) is 0 Å². The van der Waals surface area contributed by atoms with Crippen molar-refractivity contribution in [2.75, 3.05) is 39.8 Å². The van der Waals surface area contributed by atoms with Gasteiger partial charge in [0.25, 0.3) is 0 Å². The molecule has 2 fully saturated rings. The third kappa shape index (κ3) is 3.40. The molecule has 0 radical (unpaired) electrons. The second-order valence-electron chi connectivity index (χ2n) is 4.79. The topological polar surface area (TPSA) is 53.6 Å². The van der Waals surface area contributed by atoms with E-state index in [0.717, 1.165) is 39.2 Å². The smallest absolute Gasteiger partial charge is 0.238 e. The van der Waals surface area contributed by atoms with Crippen LogP contribution >= 0.6 is 0 Å². The average Bonchev–Trinajstić information content (AvgIpc) is 2.89. The molecular weight excluding hydrogens is 218 g/mol. The Hall–Kier alpha value is -0.650. The molecule has 5 nitrogen and oxygen atoms in total. The zero-order valence-electron chi connectivity index (χ0n) is 10.6. The number of ether oxygens (including phenoxy) is 1. The summed E-state index contributed by atoms with van der Waals surface area (Å²) in [7, 11) is 1.70. The minimum atomic E-state index is -0.0184. The van der Waals surface area contributed by atoms with Crippen molar-refractivity contribution in [3.05, 3.63) is 0 Å². The monoisotopic (exact) mass is 241 g/mol. The molecule has 98 valence electrons. The summed E-state index contributed by atoms with van der Waals surface area (Å²) in [6.07, 6.45) is 3.82. The van der Waals surface area contributed by atoms with Crippen molar-refractivity contribution in [1.29, 1.82) is 0 Å². The third-order valence-corrected chi connectivity index (χ3v) is 3.67. The lowest BCUT2D eigenvalue weighted by Crippen LogP contribution is -2.57. The van der Waals surface area contributed by atoms with E-state index in [1.54, 1.807) is 7.05 Å². The Morgan fingerprint density at radius 3 is 3.18 bits per heavy atom. The van der Waals surface area contributed by atoms with Crippen molar-refractivity contribution in [3.63, 3.8) is 0 Å². The molecule has 2 N–H and O–H groups in total. The average molecular weight is 241 g/mol. The van der Waals surface area contributed by atoms with Gasteiger partial charge in [0.15, 0.2) is 0 Å². The summed E-state index contributed by atoms with van der Waals surface area (Å²) in [6.45, 7) is 4.55. The maximum atomic E-state index is 11.7. The summed E-state index contributed by atoms with van der Waals surface area (Å²) in [6, 6.07) is -0.0184. The highest BCUT2D eigenvalue weighted by molar-refractivity contribution is 5.81. The second kappa shape index (κ2) is 6.33. The van der Waals surface area contributed by atoms with Crippen LogP contribution in [-0.4, -0.2) is 62.8 Å². The van der Waals surface area contributed by atoms with Crippen LogP contribution < -0.4 is 10.6 Å². The van der Waals surface area contributed by atoms with Crippen LogP contribution in [0.2, 0.25) is 0 Å². The zero-order valence-corrected chi connectivity index (χ0v) is 10.6. The normalized spacial score (nSPS) is 30.4. The first-order chi connectivity index (χ1) is 8.31. The first-order valence-electron chi connectivity index (χ1n) is 6.59. The molecule has 2 rings (SSSR count). The Bertz CT molecular complexity index is 254. The van der Waals surface area contributed by atoms with Gasteiger partial charge in [0, 0.05) is 39.8 Å². The number of amides is 1. The van der Waals surface area contributed by atoms with E-state index in [0.29, 0.717) is 6.10 Å². The number of hydrogen-bond donors (Lipinski definition) is 2. The molecule has 1 amide bonds. The number of hydrogen-bond acceptors (Lipinski definition) is 4. The van der Waals surface area contributed by atoms with Gasteiger partial charge in [0.05, 0.1) is 6.10 Å². The molecule has 5 heteroatoms. The highest BCUT2D eigenvalue weighted by atomic mass is 16.5. The van der Waals surface area contributed by atoms with Crippen molar-refractivity contribution in [2.24, 2.45) is 0 Å². The molecule has 2 atom stereocenters. The quantitative estimate of drug-likeness (QED) is 0.701. The molecule has 0 aliphatic carbocycles. The Labute approximate surface area is 103 Å². The number of nitrogens with one attached hydrogen (secondary N) is 2. The molecule has 0 aromatic rings. The van der Waals surface area contributed by atoms with E-state index < -0.39 is 0 Å². The summed E-state index contributed by atoms with van der Waals surface area (Å²) in [5.74, 6) is 0.115. The molecule has 2 aliphatic heterocycles. The lowest BCUT2D eigenvalue weighted by molar-refractivity contribution is -0.126. The van der Waals surface area contributed by atoms with Crippen LogP contribution in [0.3, 0.4) is 0 Å². The minimum Gasteiger partial charge on any atom is -0.378 e. The molecule has 17 heavy (non-hydrogen) atoms. The predicted molar refractivity (Wildman–Crippen MR) is 65.9 cm³/mol. The number of nitrogens with zero attached hydrogens (tertiary/aromatic N) is 1. The van der Waals surface area contributed by atoms with Crippen molar-refractivity contribution in [2.45, 2.75) is 31.4 Å². The van der Waals surface area contributed by atoms with Crippen LogP contribution in [0.25, 0.3) is 0 Å². The lowest BCUT2D eigenvalue weighted by atomic mass is 10.1. The van der Waals surface area contributed by atoms with Gasteiger partial charge in [0.2, 0.25) is 5.91 Å². The van der Waals surface area contributed by atoms with Gasteiger partial charge < -0.3 is 15.4 Å². The summed E-state index contributed by atoms with van der Waals surface area (Å²) in [4.78, 5) is 14.0. The maximum absolute atomic E-state index is 11.7. The SMILES string of the molecule is CNC(=O)C1CNCCN1CCC1CCCO1. The highest BCUT2D eigenvalue weighted by Gasteiger charge is 2.28. The van der Waals surface area contributed by atoms with Crippen LogP contribution in [0, 0.1) is 0 Å². The number of likely N-dealkylation sites (N-methyl/N-ethyl adjacent to an activating group) is 1. The Balaban J connectivity index is 1.80. The zero-order chi connectivity index (χ0) is 12.1. The van der Waals surface area contributed by atoms with Crippen LogP contribution in [0.5, 0.6) is 0 Å². The molecule has 0 aromatic carbocycles. The summed E-state index contributed by atoms with van der Waals surface area (Å²) in [5, 5.41) is 6.02. The number of carbonyl (C=O) groups excluding carboxylic acids is 1. The van der Waals surface area contributed by atoms with Crippen LogP contribution in [0.15, 0.2) is 0 Å². The van der Waals surface area contributed by atoms with Gasteiger partial charge in [-0.3, -0.25) is 9.69 Å². The van der Waals surface area contributed by atoms with Gasteiger partial charge in [0.1, 0.15) is 6.04 Å². The minimum absolute atomic E-state index is 0.0184. The molecular formula is C12H23N3O2. The Morgan fingerprint density at radius 2 is 2.47 bits per heavy atom. The van der Waals surface area contributed by atoms with Crippen molar-refractivity contribution in [3.8, 4) is 0 Å². The standard InChI is InChI=1S/C12H23N3O2/c1-13-12(16)11-9-14-5-7-15(11)6-4-10-3-2-8-17-10/h10-11,14H,2-9H2,1H3,(H,13,16).